The van der Waals surface area contributed by atoms with Gasteiger partial charge in [-0.2, -0.15) is 0 Å². The fourth-order valence-corrected chi connectivity index (χ4v) is 6.98. The van der Waals surface area contributed by atoms with Crippen LogP contribution >= 0.6 is 33.9 Å². The average Bonchev–Trinajstić information content (AvgIpc) is 3.37. The van der Waals surface area contributed by atoms with Crippen LogP contribution in [0.2, 0.25) is 0 Å². The van der Waals surface area contributed by atoms with Gasteiger partial charge in [-0.15, -0.1) is 0 Å². The van der Waals surface area contributed by atoms with Gasteiger partial charge in [0.1, 0.15) is 6.61 Å². The zero-order chi connectivity index (χ0) is 35.4. The molecule has 1 atom stereocenters. The van der Waals surface area contributed by atoms with E-state index >= 15 is 0 Å². The van der Waals surface area contributed by atoms with Crippen molar-refractivity contribution < 1.29 is 33.4 Å². The van der Waals surface area contributed by atoms with Gasteiger partial charge in [0.2, 0.25) is 0 Å². The number of halogens is 1. The number of nitrogens with zero attached hydrogens (tertiary/aromatic N) is 3. The summed E-state index contributed by atoms with van der Waals surface area (Å²) in [4.78, 5) is 43.4. The van der Waals surface area contributed by atoms with Gasteiger partial charge in [0.15, 0.2) is 27.8 Å². The van der Waals surface area contributed by atoms with Crippen molar-refractivity contribution in [3.63, 3.8) is 0 Å². The van der Waals surface area contributed by atoms with E-state index in [4.69, 9.17) is 23.7 Å². The van der Waals surface area contributed by atoms with Crippen molar-refractivity contribution in [2.75, 3.05) is 20.8 Å². The monoisotopic (exact) mass is 799 g/mol. The number of thiazole rings is 1. The number of carbonyl (C=O) groups is 1. The lowest BCUT2D eigenvalue weighted by Crippen LogP contribution is -2.40. The highest BCUT2D eigenvalue weighted by molar-refractivity contribution is 14.1. The molecule has 0 saturated heterocycles. The molecule has 0 aliphatic carbocycles. The standard InChI is InChI=1S/C35H34IN3O9S/c1-7-46-34(41)30-20(4)37-35-38(31(30)22-10-13-26(48-19(2)3)27(15-22)44-5)33(40)29(49-35)16-23-14-24(36)17-28(45-6)32(23)47-18-21-8-11-25(12-9-21)39(42)43/h8-17,19,31H,7,18H2,1-6H3/b29-16+/t31-/m0/s1. The number of aromatic nitrogens is 1. The second-order valence-corrected chi connectivity index (χ2v) is 13.4. The Morgan fingerprint density at radius 3 is 2.43 bits per heavy atom. The normalized spacial score (nSPS) is 14.3. The third kappa shape index (κ3) is 7.64. The Morgan fingerprint density at radius 1 is 1.08 bits per heavy atom. The Morgan fingerprint density at radius 2 is 1.80 bits per heavy atom. The fraction of sp³-hybridized carbons (Fsp3) is 0.286. The van der Waals surface area contributed by atoms with Crippen molar-refractivity contribution in [3.8, 4) is 23.0 Å². The minimum Gasteiger partial charge on any atom is -0.493 e. The molecule has 4 aromatic rings. The van der Waals surface area contributed by atoms with Crippen molar-refractivity contribution in [1.29, 1.82) is 0 Å². The maximum atomic E-state index is 14.3. The third-order valence-electron chi connectivity index (χ3n) is 7.47. The SMILES string of the molecule is CCOC(=O)C1=C(C)N=c2s/c(=C/c3cc(I)cc(OC)c3OCc3ccc([N+](=O)[O-])cc3)c(=O)n2[C@H]1c1ccc(OC(C)C)c(OC)c1. The summed E-state index contributed by atoms with van der Waals surface area (Å²) in [7, 11) is 3.05. The van der Waals surface area contributed by atoms with Crippen molar-refractivity contribution >= 4 is 51.7 Å². The van der Waals surface area contributed by atoms with E-state index in [0.717, 1.165) is 3.57 Å². The third-order valence-corrected chi connectivity index (χ3v) is 9.07. The number of nitro benzene ring substituents is 1. The lowest BCUT2D eigenvalue weighted by atomic mass is 9.95. The van der Waals surface area contributed by atoms with Crippen LogP contribution < -0.4 is 33.8 Å². The number of hydrogen-bond acceptors (Lipinski definition) is 11. The molecule has 1 aliphatic heterocycles. The lowest BCUT2D eigenvalue weighted by Gasteiger charge is -2.25. The van der Waals surface area contributed by atoms with Crippen LogP contribution in [0.25, 0.3) is 6.08 Å². The number of fused-ring (bicyclic) bond motifs is 1. The number of carbonyl (C=O) groups excluding carboxylic acids is 1. The first-order valence-corrected chi connectivity index (χ1v) is 17.1. The molecule has 0 bridgehead atoms. The van der Waals surface area contributed by atoms with Gasteiger partial charge in [-0.3, -0.25) is 19.5 Å². The number of rotatable bonds is 12. The van der Waals surface area contributed by atoms with Gasteiger partial charge < -0.3 is 23.7 Å². The topological polar surface area (TPSA) is 141 Å². The van der Waals surface area contributed by atoms with Crippen LogP contribution in [0.4, 0.5) is 5.69 Å². The molecule has 12 nitrogen and oxygen atoms in total. The van der Waals surface area contributed by atoms with Gasteiger partial charge in [0.25, 0.3) is 11.2 Å². The van der Waals surface area contributed by atoms with Gasteiger partial charge in [-0.05, 0) is 104 Å². The average molecular weight is 800 g/mol. The number of non-ortho nitro benzene ring substituents is 1. The molecule has 3 aromatic carbocycles. The highest BCUT2D eigenvalue weighted by atomic mass is 127. The second kappa shape index (κ2) is 15.2. The van der Waals surface area contributed by atoms with Crippen LogP contribution in [0.15, 0.2) is 75.7 Å². The van der Waals surface area contributed by atoms with E-state index in [1.54, 1.807) is 56.3 Å². The highest BCUT2D eigenvalue weighted by Crippen LogP contribution is 2.37. The first-order valence-electron chi connectivity index (χ1n) is 15.2. The molecule has 2 heterocycles. The molecule has 1 aromatic heterocycles. The Balaban J connectivity index is 1.65. The van der Waals surface area contributed by atoms with E-state index < -0.39 is 16.9 Å². The summed E-state index contributed by atoms with van der Waals surface area (Å²) in [6.07, 6.45) is 1.61. The molecule has 5 rings (SSSR count). The van der Waals surface area contributed by atoms with Crippen LogP contribution in [-0.4, -0.2) is 42.4 Å². The predicted molar refractivity (Wildman–Crippen MR) is 192 cm³/mol. The van der Waals surface area contributed by atoms with Crippen molar-refractivity contribution in [2.24, 2.45) is 4.99 Å². The molecule has 0 amide bonds. The summed E-state index contributed by atoms with van der Waals surface area (Å²) in [5, 5.41) is 11.1. The molecule has 14 heteroatoms. The van der Waals surface area contributed by atoms with Crippen LogP contribution in [0, 0.1) is 13.7 Å². The van der Waals surface area contributed by atoms with E-state index in [0.29, 0.717) is 54.7 Å². The van der Waals surface area contributed by atoms with Gasteiger partial charge in [0, 0.05) is 21.3 Å². The maximum Gasteiger partial charge on any atom is 0.338 e. The molecule has 0 spiro atoms. The van der Waals surface area contributed by atoms with Crippen LogP contribution in [0.1, 0.15) is 50.4 Å². The smallest absolute Gasteiger partial charge is 0.338 e. The first kappa shape index (κ1) is 35.6. The molecular formula is C35H34IN3O9S. The van der Waals surface area contributed by atoms with Gasteiger partial charge in [-0.1, -0.05) is 17.4 Å². The lowest BCUT2D eigenvalue weighted by molar-refractivity contribution is -0.384. The second-order valence-electron chi connectivity index (χ2n) is 11.1. The van der Waals surface area contributed by atoms with E-state index in [2.05, 4.69) is 27.6 Å². The molecule has 0 radical (unpaired) electrons. The Hall–Kier alpha value is -4.70. The van der Waals surface area contributed by atoms with Gasteiger partial charge in [-0.25, -0.2) is 9.79 Å². The number of allylic oxidation sites excluding steroid dienone is 1. The first-order chi connectivity index (χ1) is 23.4. The summed E-state index contributed by atoms with van der Waals surface area (Å²) in [6, 6.07) is 14.2. The molecule has 0 unspecified atom stereocenters. The Bertz CT molecular complexity index is 2120. The van der Waals surface area contributed by atoms with Crippen molar-refractivity contribution in [3.05, 3.63) is 116 Å². The molecule has 0 N–H and O–H groups in total. The number of esters is 1. The molecule has 0 saturated carbocycles. The summed E-state index contributed by atoms with van der Waals surface area (Å²) in [5.41, 5.74) is 2.17. The summed E-state index contributed by atoms with van der Waals surface area (Å²) < 4.78 is 31.5. The molecule has 1 aliphatic rings. The number of methoxy groups -OCH3 is 2. The maximum absolute atomic E-state index is 14.3. The van der Waals surface area contributed by atoms with Crippen molar-refractivity contribution in [1.82, 2.24) is 4.57 Å². The molecule has 256 valence electrons. The van der Waals surface area contributed by atoms with E-state index in [-0.39, 0.29) is 36.1 Å². The Labute approximate surface area is 299 Å². The largest absolute Gasteiger partial charge is 0.493 e. The molecule has 49 heavy (non-hydrogen) atoms. The predicted octanol–water partition coefficient (Wildman–Crippen LogP) is 5.69. The van der Waals surface area contributed by atoms with E-state index in [1.165, 1.54) is 42.3 Å². The Kier molecular flexibility index (Phi) is 11.1. The summed E-state index contributed by atoms with van der Waals surface area (Å²) >= 11 is 3.34. The number of nitro groups is 1. The van der Waals surface area contributed by atoms with Gasteiger partial charge in [0.05, 0.1) is 53.7 Å². The zero-order valence-corrected chi connectivity index (χ0v) is 30.6. The highest BCUT2D eigenvalue weighted by Gasteiger charge is 2.34. The quantitative estimate of drug-likeness (QED) is 0.0765. The minimum absolute atomic E-state index is 0.0235. The van der Waals surface area contributed by atoms with Crippen molar-refractivity contribution in [2.45, 2.75) is 46.4 Å². The van der Waals surface area contributed by atoms with Crippen LogP contribution in [-0.2, 0) is 16.1 Å². The number of benzene rings is 3. The number of hydrogen-bond donors (Lipinski definition) is 0. The minimum atomic E-state index is -0.859. The number of ether oxygens (including phenoxy) is 5. The molecule has 0 fully saturated rings. The summed E-state index contributed by atoms with van der Waals surface area (Å²) in [6.45, 7) is 7.50. The van der Waals surface area contributed by atoms with E-state index in [1.807, 2.05) is 19.9 Å². The fourth-order valence-electron chi connectivity index (χ4n) is 5.33. The van der Waals surface area contributed by atoms with Crippen LogP contribution in [0.5, 0.6) is 23.0 Å². The van der Waals surface area contributed by atoms with E-state index in [9.17, 15) is 19.7 Å². The van der Waals surface area contributed by atoms with Crippen LogP contribution in [0.3, 0.4) is 0 Å². The zero-order valence-electron chi connectivity index (χ0n) is 27.6. The molecular weight excluding hydrogens is 765 g/mol. The summed E-state index contributed by atoms with van der Waals surface area (Å²) in [5.74, 6) is 1.24. The van der Waals surface area contributed by atoms with Gasteiger partial charge >= 0.3 is 5.97 Å².